The van der Waals surface area contributed by atoms with Crippen LogP contribution in [0.4, 0.5) is 5.69 Å². The molecular weight excluding hydrogens is 292 g/mol. The fourth-order valence-electron chi connectivity index (χ4n) is 2.01. The first-order chi connectivity index (χ1) is 10.2. The number of hydrogen-bond acceptors (Lipinski definition) is 7. The van der Waals surface area contributed by atoms with Gasteiger partial charge in [0.05, 0.1) is 11.8 Å². The number of nitrogens with two attached hydrogens (primary N) is 1. The molecule has 0 amide bonds. The highest BCUT2D eigenvalue weighted by molar-refractivity contribution is 7.99. The van der Waals surface area contributed by atoms with E-state index in [1.54, 1.807) is 18.5 Å². The molecule has 3 aromatic heterocycles. The van der Waals surface area contributed by atoms with E-state index in [1.807, 2.05) is 0 Å². The van der Waals surface area contributed by atoms with Crippen LogP contribution in [-0.2, 0) is 0 Å². The SMILES string of the molecule is Nc1cc2oc(=O)[nH]c2cc1Sc1ncnc2nc[nH]c12. The van der Waals surface area contributed by atoms with Crippen molar-refractivity contribution in [2.45, 2.75) is 9.92 Å². The van der Waals surface area contributed by atoms with Gasteiger partial charge >= 0.3 is 5.76 Å². The van der Waals surface area contributed by atoms with Crippen LogP contribution in [0.15, 0.2) is 43.9 Å². The Balaban J connectivity index is 1.85. The molecule has 104 valence electrons. The van der Waals surface area contributed by atoms with Crippen molar-refractivity contribution >= 4 is 39.7 Å². The van der Waals surface area contributed by atoms with Gasteiger partial charge in [0, 0.05) is 16.6 Å². The fourth-order valence-corrected chi connectivity index (χ4v) is 2.92. The Labute approximate surface area is 120 Å². The lowest BCUT2D eigenvalue weighted by Gasteiger charge is -2.04. The van der Waals surface area contributed by atoms with Crippen LogP contribution >= 0.6 is 11.8 Å². The molecule has 0 unspecified atom stereocenters. The van der Waals surface area contributed by atoms with Crippen LogP contribution in [0.2, 0.25) is 0 Å². The monoisotopic (exact) mass is 300 g/mol. The first-order valence-corrected chi connectivity index (χ1v) is 6.76. The molecule has 0 fully saturated rings. The zero-order valence-corrected chi connectivity index (χ0v) is 11.3. The molecule has 1 aromatic carbocycles. The minimum atomic E-state index is -0.510. The number of fused-ring (bicyclic) bond motifs is 2. The number of rotatable bonds is 2. The number of H-pyrrole nitrogens is 2. The van der Waals surface area contributed by atoms with Gasteiger partial charge in [-0.25, -0.2) is 19.7 Å². The zero-order valence-electron chi connectivity index (χ0n) is 10.5. The second kappa shape index (κ2) is 4.35. The van der Waals surface area contributed by atoms with Gasteiger partial charge in [-0.2, -0.15) is 0 Å². The number of hydrogen-bond donors (Lipinski definition) is 3. The van der Waals surface area contributed by atoms with Gasteiger partial charge in [0.25, 0.3) is 0 Å². The lowest BCUT2D eigenvalue weighted by atomic mass is 10.3. The maximum absolute atomic E-state index is 11.2. The molecule has 0 saturated carbocycles. The second-order valence-corrected chi connectivity index (χ2v) is 5.31. The molecule has 0 bridgehead atoms. The van der Waals surface area contributed by atoms with Crippen LogP contribution in [0.3, 0.4) is 0 Å². The van der Waals surface area contributed by atoms with Crippen molar-refractivity contribution in [3.63, 3.8) is 0 Å². The highest BCUT2D eigenvalue weighted by atomic mass is 32.2. The lowest BCUT2D eigenvalue weighted by molar-refractivity contribution is 0.555. The smallest absolute Gasteiger partial charge is 0.408 e. The van der Waals surface area contributed by atoms with Crippen LogP contribution in [0.5, 0.6) is 0 Å². The van der Waals surface area contributed by atoms with Crippen LogP contribution < -0.4 is 11.5 Å². The predicted molar refractivity (Wildman–Crippen MR) is 77.1 cm³/mol. The Kier molecular flexibility index (Phi) is 2.48. The molecule has 9 heteroatoms. The fraction of sp³-hybridized carbons (Fsp3) is 0. The maximum Gasteiger partial charge on any atom is 0.417 e. The number of nitrogens with one attached hydrogen (secondary N) is 2. The number of benzene rings is 1. The third kappa shape index (κ3) is 1.94. The number of nitrogens with zero attached hydrogens (tertiary/aromatic N) is 3. The van der Waals surface area contributed by atoms with Crippen molar-refractivity contribution in [3.05, 3.63) is 35.3 Å². The van der Waals surface area contributed by atoms with E-state index in [0.29, 0.717) is 27.5 Å². The molecule has 0 aliphatic heterocycles. The van der Waals surface area contributed by atoms with Crippen molar-refractivity contribution in [3.8, 4) is 0 Å². The molecule has 0 aliphatic carbocycles. The van der Waals surface area contributed by atoms with Gasteiger partial charge < -0.3 is 15.1 Å². The summed E-state index contributed by atoms with van der Waals surface area (Å²) in [6.45, 7) is 0. The van der Waals surface area contributed by atoms with Gasteiger partial charge in [0.1, 0.15) is 16.9 Å². The van der Waals surface area contributed by atoms with Crippen LogP contribution in [0.1, 0.15) is 0 Å². The number of nitrogen functional groups attached to an aromatic ring is 1. The van der Waals surface area contributed by atoms with E-state index in [-0.39, 0.29) is 0 Å². The third-order valence-electron chi connectivity index (χ3n) is 2.95. The molecule has 4 rings (SSSR count). The molecular formula is C12H8N6O2S. The minimum absolute atomic E-state index is 0.427. The molecule has 4 aromatic rings. The first kappa shape index (κ1) is 12.0. The first-order valence-electron chi connectivity index (χ1n) is 5.95. The van der Waals surface area contributed by atoms with E-state index in [0.717, 1.165) is 10.4 Å². The van der Waals surface area contributed by atoms with E-state index >= 15 is 0 Å². The summed E-state index contributed by atoms with van der Waals surface area (Å²) in [6.07, 6.45) is 3.00. The Morgan fingerprint density at radius 2 is 2.14 bits per heavy atom. The number of aromatic nitrogens is 5. The number of aromatic amines is 2. The minimum Gasteiger partial charge on any atom is -0.408 e. The number of imidazole rings is 1. The summed E-state index contributed by atoms with van der Waals surface area (Å²) in [5.41, 5.74) is 8.84. The largest absolute Gasteiger partial charge is 0.417 e. The average Bonchev–Trinajstić information content (AvgIpc) is 3.05. The van der Waals surface area contributed by atoms with E-state index < -0.39 is 5.76 Å². The topological polar surface area (TPSA) is 126 Å². The second-order valence-electron chi connectivity index (χ2n) is 4.28. The molecule has 0 atom stereocenters. The highest BCUT2D eigenvalue weighted by Gasteiger charge is 2.12. The Morgan fingerprint density at radius 3 is 3.05 bits per heavy atom. The quantitative estimate of drug-likeness (QED) is 0.378. The Morgan fingerprint density at radius 1 is 1.24 bits per heavy atom. The van der Waals surface area contributed by atoms with Gasteiger partial charge in [-0.15, -0.1) is 0 Å². The normalized spacial score (nSPS) is 11.4. The van der Waals surface area contributed by atoms with Gasteiger partial charge in [-0.1, -0.05) is 11.8 Å². The van der Waals surface area contributed by atoms with Crippen LogP contribution in [0.25, 0.3) is 22.3 Å². The van der Waals surface area contributed by atoms with Crippen molar-refractivity contribution in [1.82, 2.24) is 24.9 Å². The predicted octanol–water partition coefficient (Wildman–Crippen LogP) is 1.52. The summed E-state index contributed by atoms with van der Waals surface area (Å²) < 4.78 is 4.97. The molecule has 4 N–H and O–H groups in total. The number of oxazole rings is 1. The van der Waals surface area contributed by atoms with E-state index in [4.69, 9.17) is 10.2 Å². The standard InChI is InChI=1S/C12H8N6O2S/c13-5-1-7-6(18-12(19)20-7)2-8(5)21-11-9-10(15-3-14-9)16-4-17-11/h1-4H,13H2,(H,18,19)(H,14,15,16,17). The van der Waals surface area contributed by atoms with Crippen LogP contribution in [-0.4, -0.2) is 24.9 Å². The number of anilines is 1. The Hall–Kier alpha value is -2.81. The van der Waals surface area contributed by atoms with E-state index in [2.05, 4.69) is 24.9 Å². The summed E-state index contributed by atoms with van der Waals surface area (Å²) in [4.78, 5) is 29.9. The van der Waals surface area contributed by atoms with Gasteiger partial charge in [-0.3, -0.25) is 4.98 Å². The summed E-state index contributed by atoms with van der Waals surface area (Å²) in [7, 11) is 0. The molecule has 21 heavy (non-hydrogen) atoms. The lowest BCUT2D eigenvalue weighted by Crippen LogP contribution is -1.93. The van der Waals surface area contributed by atoms with E-state index in [1.165, 1.54) is 18.1 Å². The summed E-state index contributed by atoms with van der Waals surface area (Å²) in [5.74, 6) is -0.510. The molecule has 3 heterocycles. The average molecular weight is 300 g/mol. The molecule has 0 spiro atoms. The maximum atomic E-state index is 11.2. The molecule has 8 nitrogen and oxygen atoms in total. The van der Waals surface area contributed by atoms with E-state index in [9.17, 15) is 4.79 Å². The molecule has 0 saturated heterocycles. The third-order valence-corrected chi connectivity index (χ3v) is 4.02. The van der Waals surface area contributed by atoms with Gasteiger partial charge in [0.2, 0.25) is 0 Å². The van der Waals surface area contributed by atoms with Crippen molar-refractivity contribution in [2.75, 3.05) is 5.73 Å². The van der Waals surface area contributed by atoms with Crippen molar-refractivity contribution < 1.29 is 4.42 Å². The highest BCUT2D eigenvalue weighted by Crippen LogP contribution is 2.35. The van der Waals surface area contributed by atoms with Gasteiger partial charge in [0.15, 0.2) is 11.2 Å². The summed E-state index contributed by atoms with van der Waals surface area (Å²) >= 11 is 1.36. The van der Waals surface area contributed by atoms with Gasteiger partial charge in [-0.05, 0) is 6.07 Å². The molecule has 0 radical (unpaired) electrons. The van der Waals surface area contributed by atoms with Crippen LogP contribution in [0, 0.1) is 0 Å². The summed E-state index contributed by atoms with van der Waals surface area (Å²) in [6, 6.07) is 3.37. The molecule has 0 aliphatic rings. The van der Waals surface area contributed by atoms with Crippen molar-refractivity contribution in [2.24, 2.45) is 0 Å². The zero-order chi connectivity index (χ0) is 14.4. The Bertz CT molecular complexity index is 1020. The summed E-state index contributed by atoms with van der Waals surface area (Å²) in [5, 5.41) is 0.703. The van der Waals surface area contributed by atoms with Crippen molar-refractivity contribution in [1.29, 1.82) is 0 Å².